The smallest absolute Gasteiger partial charge is 0.241 e. The van der Waals surface area contributed by atoms with Crippen molar-refractivity contribution in [3.8, 4) is 10.6 Å². The zero-order valence-corrected chi connectivity index (χ0v) is 15.3. The molecule has 0 unspecified atom stereocenters. The van der Waals surface area contributed by atoms with Crippen LogP contribution < -0.4 is 4.72 Å². The van der Waals surface area contributed by atoms with Crippen molar-refractivity contribution in [2.45, 2.75) is 18.4 Å². The summed E-state index contributed by atoms with van der Waals surface area (Å²) in [6, 6.07) is 12.5. The molecule has 24 heavy (non-hydrogen) atoms. The lowest BCUT2D eigenvalue weighted by molar-refractivity contribution is 0.580. The molecular weight excluding hydrogens is 364 g/mol. The largest absolute Gasteiger partial charge is 0.255 e. The first-order chi connectivity index (χ1) is 11.5. The van der Waals surface area contributed by atoms with E-state index < -0.39 is 10.0 Å². The van der Waals surface area contributed by atoms with Crippen LogP contribution in [0.3, 0.4) is 0 Å². The minimum absolute atomic E-state index is 0.190. The van der Waals surface area contributed by atoms with Gasteiger partial charge in [0.2, 0.25) is 10.0 Å². The monoisotopic (exact) mass is 378 g/mol. The number of hydrogen-bond donors (Lipinski definition) is 1. The van der Waals surface area contributed by atoms with E-state index in [1.165, 1.54) is 6.07 Å². The molecule has 4 nitrogen and oxygen atoms in total. The van der Waals surface area contributed by atoms with Crippen LogP contribution in [0.2, 0.25) is 5.02 Å². The fourth-order valence-corrected chi connectivity index (χ4v) is 4.48. The summed E-state index contributed by atoms with van der Waals surface area (Å²) < 4.78 is 27.6. The van der Waals surface area contributed by atoms with E-state index in [4.69, 9.17) is 11.6 Å². The molecule has 0 aliphatic rings. The molecule has 0 radical (unpaired) electrons. The molecule has 0 spiro atoms. The fraction of sp³-hybridized carbons (Fsp3) is 0.118. The second kappa shape index (κ2) is 7.03. The van der Waals surface area contributed by atoms with Gasteiger partial charge in [-0.2, -0.15) is 0 Å². The van der Waals surface area contributed by atoms with Gasteiger partial charge in [-0.15, -0.1) is 11.3 Å². The van der Waals surface area contributed by atoms with Gasteiger partial charge in [-0.3, -0.25) is 4.98 Å². The van der Waals surface area contributed by atoms with Gasteiger partial charge in [-0.25, -0.2) is 13.1 Å². The predicted molar refractivity (Wildman–Crippen MR) is 97.8 cm³/mol. The molecule has 3 rings (SSSR count). The number of hydrogen-bond acceptors (Lipinski definition) is 4. The molecule has 0 atom stereocenters. The SMILES string of the molecule is Cc1ccc(Cl)cc1S(=O)(=O)NCc1ccnc(-c2cccs2)c1. The van der Waals surface area contributed by atoms with Crippen molar-refractivity contribution in [3.63, 3.8) is 0 Å². The molecular formula is C17H15ClN2O2S2. The first kappa shape index (κ1) is 17.1. The third kappa shape index (κ3) is 3.84. The van der Waals surface area contributed by atoms with Crippen LogP contribution in [0.5, 0.6) is 0 Å². The van der Waals surface area contributed by atoms with Gasteiger partial charge in [0.1, 0.15) is 0 Å². The quantitative estimate of drug-likeness (QED) is 0.722. The van der Waals surface area contributed by atoms with Gasteiger partial charge in [-0.05, 0) is 53.8 Å². The van der Waals surface area contributed by atoms with E-state index in [1.807, 2.05) is 23.6 Å². The fourth-order valence-electron chi connectivity index (χ4n) is 2.26. The maximum Gasteiger partial charge on any atom is 0.241 e. The van der Waals surface area contributed by atoms with E-state index in [1.54, 1.807) is 42.7 Å². The maximum atomic E-state index is 12.5. The highest BCUT2D eigenvalue weighted by Gasteiger charge is 2.17. The molecule has 124 valence electrons. The molecule has 1 aromatic carbocycles. The van der Waals surface area contributed by atoms with Crippen molar-refractivity contribution in [1.29, 1.82) is 0 Å². The van der Waals surface area contributed by atoms with Crippen molar-refractivity contribution in [3.05, 3.63) is 70.2 Å². The number of aryl methyl sites for hydroxylation is 1. The van der Waals surface area contributed by atoms with Gasteiger partial charge in [0.15, 0.2) is 0 Å². The molecule has 0 saturated heterocycles. The maximum absolute atomic E-state index is 12.5. The molecule has 2 heterocycles. The number of halogens is 1. The molecule has 0 aliphatic heterocycles. The Hall–Kier alpha value is -1.73. The number of rotatable bonds is 5. The van der Waals surface area contributed by atoms with E-state index in [0.717, 1.165) is 16.1 Å². The summed E-state index contributed by atoms with van der Waals surface area (Å²) in [5, 5.41) is 2.37. The van der Waals surface area contributed by atoms with Crippen LogP contribution in [-0.2, 0) is 16.6 Å². The van der Waals surface area contributed by atoms with Gasteiger partial charge in [0, 0.05) is 17.8 Å². The second-order valence-corrected chi connectivity index (χ2v) is 8.38. The summed E-state index contributed by atoms with van der Waals surface area (Å²) >= 11 is 7.51. The van der Waals surface area contributed by atoms with Crippen LogP contribution >= 0.6 is 22.9 Å². The zero-order chi connectivity index (χ0) is 17.2. The lowest BCUT2D eigenvalue weighted by Gasteiger charge is -2.10. The highest BCUT2D eigenvalue weighted by atomic mass is 35.5. The third-order valence-electron chi connectivity index (χ3n) is 3.50. The van der Waals surface area contributed by atoms with Crippen molar-refractivity contribution in [2.75, 3.05) is 0 Å². The first-order valence-corrected chi connectivity index (χ1v) is 9.94. The average Bonchev–Trinajstić information content (AvgIpc) is 3.10. The Morgan fingerprint density at radius 3 is 2.79 bits per heavy atom. The van der Waals surface area contributed by atoms with E-state index >= 15 is 0 Å². The van der Waals surface area contributed by atoms with Crippen molar-refractivity contribution < 1.29 is 8.42 Å². The van der Waals surface area contributed by atoms with E-state index in [-0.39, 0.29) is 11.4 Å². The highest BCUT2D eigenvalue weighted by Crippen LogP contribution is 2.24. The van der Waals surface area contributed by atoms with E-state index in [0.29, 0.717) is 10.6 Å². The molecule has 3 aromatic rings. The number of sulfonamides is 1. The molecule has 1 N–H and O–H groups in total. The summed E-state index contributed by atoms with van der Waals surface area (Å²) in [6.07, 6.45) is 1.68. The summed E-state index contributed by atoms with van der Waals surface area (Å²) in [4.78, 5) is 5.57. The van der Waals surface area contributed by atoms with Gasteiger partial charge >= 0.3 is 0 Å². The number of nitrogens with one attached hydrogen (secondary N) is 1. The van der Waals surface area contributed by atoms with Gasteiger partial charge < -0.3 is 0 Å². The zero-order valence-electron chi connectivity index (χ0n) is 12.9. The van der Waals surface area contributed by atoms with Crippen LogP contribution in [0.25, 0.3) is 10.6 Å². The van der Waals surface area contributed by atoms with Crippen LogP contribution in [0.1, 0.15) is 11.1 Å². The Labute approximate surface area is 150 Å². The Kier molecular flexibility index (Phi) is 5.01. The van der Waals surface area contributed by atoms with Crippen molar-refractivity contribution in [1.82, 2.24) is 9.71 Å². The van der Waals surface area contributed by atoms with Crippen LogP contribution in [0, 0.1) is 6.92 Å². The lowest BCUT2D eigenvalue weighted by atomic mass is 10.2. The van der Waals surface area contributed by atoms with Crippen LogP contribution in [0.15, 0.2) is 58.9 Å². The number of thiophene rings is 1. The molecule has 2 aromatic heterocycles. The molecule has 0 bridgehead atoms. The normalized spacial score (nSPS) is 11.6. The van der Waals surface area contributed by atoms with Gasteiger partial charge in [0.25, 0.3) is 0 Å². The van der Waals surface area contributed by atoms with Gasteiger partial charge in [-0.1, -0.05) is 23.7 Å². The highest BCUT2D eigenvalue weighted by molar-refractivity contribution is 7.89. The first-order valence-electron chi connectivity index (χ1n) is 7.20. The number of pyridine rings is 1. The molecule has 0 saturated carbocycles. The van der Waals surface area contributed by atoms with Gasteiger partial charge in [0.05, 0.1) is 15.5 Å². The summed E-state index contributed by atoms with van der Waals surface area (Å²) in [5.74, 6) is 0. The Morgan fingerprint density at radius 1 is 1.21 bits per heavy atom. The summed E-state index contributed by atoms with van der Waals surface area (Å²) in [6.45, 7) is 1.93. The number of aromatic nitrogens is 1. The van der Waals surface area contributed by atoms with E-state index in [9.17, 15) is 8.42 Å². The Bertz CT molecular complexity index is 954. The minimum Gasteiger partial charge on any atom is -0.255 e. The average molecular weight is 379 g/mol. The molecule has 7 heteroatoms. The lowest BCUT2D eigenvalue weighted by Crippen LogP contribution is -2.24. The predicted octanol–water partition coefficient (Wildman–Crippen LogP) is 4.25. The standard InChI is InChI=1S/C17H15ClN2O2S2/c1-12-4-5-14(18)10-17(12)24(21,22)20-11-13-6-7-19-15(9-13)16-3-2-8-23-16/h2-10,20H,11H2,1H3. The summed E-state index contributed by atoms with van der Waals surface area (Å²) in [7, 11) is -3.63. The third-order valence-corrected chi connectivity index (χ3v) is 6.17. The Morgan fingerprint density at radius 2 is 2.04 bits per heavy atom. The second-order valence-electron chi connectivity index (χ2n) is 5.26. The molecule has 0 amide bonds. The van der Waals surface area contributed by atoms with E-state index in [2.05, 4.69) is 9.71 Å². The topological polar surface area (TPSA) is 59.1 Å². The van der Waals surface area contributed by atoms with Crippen molar-refractivity contribution >= 4 is 33.0 Å². The Balaban J connectivity index is 1.80. The molecule has 0 fully saturated rings. The number of benzene rings is 1. The minimum atomic E-state index is -3.63. The van der Waals surface area contributed by atoms with Crippen LogP contribution in [0.4, 0.5) is 0 Å². The summed E-state index contributed by atoms with van der Waals surface area (Å²) in [5.41, 5.74) is 2.33. The number of nitrogens with zero attached hydrogens (tertiary/aromatic N) is 1. The molecule has 0 aliphatic carbocycles. The van der Waals surface area contributed by atoms with Crippen LogP contribution in [-0.4, -0.2) is 13.4 Å². The van der Waals surface area contributed by atoms with Crippen molar-refractivity contribution in [2.24, 2.45) is 0 Å².